The van der Waals surface area contributed by atoms with Gasteiger partial charge in [0.2, 0.25) is 0 Å². The minimum atomic E-state index is 0.142. The Morgan fingerprint density at radius 2 is 2.33 bits per heavy atom. The highest BCUT2D eigenvalue weighted by atomic mass is 16.5. The second-order valence-corrected chi connectivity index (χ2v) is 5.11. The van der Waals surface area contributed by atoms with E-state index in [0.717, 1.165) is 25.1 Å². The molecule has 18 heavy (non-hydrogen) atoms. The quantitative estimate of drug-likeness (QED) is 0.825. The van der Waals surface area contributed by atoms with E-state index in [4.69, 9.17) is 9.84 Å². The number of aliphatic hydroxyl groups is 1. The largest absolute Gasteiger partial charge is 0.486 e. The lowest BCUT2D eigenvalue weighted by atomic mass is 9.89. The van der Waals surface area contributed by atoms with Crippen LogP contribution < -0.4 is 0 Å². The standard InChI is InChI=1S/C15H19NO2/c1-16-8-7-11-4-2-5-14-15(11)12(10-16)13(18-14)6-3-9-17/h2,4-5,7-8,11,13,17H,3,6,9-10H2,1H3. The third kappa shape index (κ3) is 1.89. The molecule has 0 amide bonds. The molecule has 1 N–H and O–H groups in total. The molecule has 0 spiro atoms. The molecule has 0 aromatic carbocycles. The van der Waals surface area contributed by atoms with Crippen LogP contribution in [0.25, 0.3) is 0 Å². The van der Waals surface area contributed by atoms with Crippen molar-refractivity contribution in [1.29, 1.82) is 0 Å². The Kier molecular flexibility index (Phi) is 3.00. The van der Waals surface area contributed by atoms with Gasteiger partial charge in [0.25, 0.3) is 0 Å². The topological polar surface area (TPSA) is 32.7 Å². The summed E-state index contributed by atoms with van der Waals surface area (Å²) in [6.07, 6.45) is 12.6. The van der Waals surface area contributed by atoms with E-state index in [2.05, 4.69) is 42.5 Å². The number of likely N-dealkylation sites (N-methyl/N-ethyl adjacent to an activating group) is 1. The minimum Gasteiger partial charge on any atom is -0.486 e. The van der Waals surface area contributed by atoms with Gasteiger partial charge in [-0.2, -0.15) is 0 Å². The van der Waals surface area contributed by atoms with Crippen molar-refractivity contribution in [2.45, 2.75) is 18.9 Å². The highest BCUT2D eigenvalue weighted by Crippen LogP contribution is 2.41. The first-order valence-electron chi connectivity index (χ1n) is 6.57. The number of rotatable bonds is 3. The van der Waals surface area contributed by atoms with Gasteiger partial charge in [-0.25, -0.2) is 0 Å². The molecule has 2 atom stereocenters. The van der Waals surface area contributed by atoms with Gasteiger partial charge < -0.3 is 14.7 Å². The van der Waals surface area contributed by atoms with Gasteiger partial charge in [0.15, 0.2) is 0 Å². The molecule has 0 fully saturated rings. The van der Waals surface area contributed by atoms with Crippen LogP contribution in [0.4, 0.5) is 0 Å². The van der Waals surface area contributed by atoms with Crippen LogP contribution in [0.1, 0.15) is 12.8 Å². The van der Waals surface area contributed by atoms with Crippen LogP contribution in [0.15, 0.2) is 47.4 Å². The third-order valence-electron chi connectivity index (χ3n) is 3.76. The molecule has 0 radical (unpaired) electrons. The van der Waals surface area contributed by atoms with Gasteiger partial charge in [0.05, 0.1) is 0 Å². The Morgan fingerprint density at radius 3 is 3.17 bits per heavy atom. The van der Waals surface area contributed by atoms with Crippen molar-refractivity contribution in [2.75, 3.05) is 20.2 Å². The molecular formula is C15H19NO2. The van der Waals surface area contributed by atoms with Crippen molar-refractivity contribution in [3.63, 3.8) is 0 Å². The van der Waals surface area contributed by atoms with Crippen LogP contribution in [0, 0.1) is 5.92 Å². The van der Waals surface area contributed by atoms with Crippen molar-refractivity contribution in [1.82, 2.24) is 4.90 Å². The van der Waals surface area contributed by atoms with Crippen molar-refractivity contribution < 1.29 is 9.84 Å². The maximum absolute atomic E-state index is 9.00. The lowest BCUT2D eigenvalue weighted by molar-refractivity contribution is 0.146. The Morgan fingerprint density at radius 1 is 1.44 bits per heavy atom. The summed E-state index contributed by atoms with van der Waals surface area (Å²) in [6, 6.07) is 0. The number of allylic oxidation sites excluding steroid dienone is 5. The van der Waals surface area contributed by atoms with Gasteiger partial charge in [0.1, 0.15) is 11.9 Å². The minimum absolute atomic E-state index is 0.142. The van der Waals surface area contributed by atoms with Crippen LogP contribution >= 0.6 is 0 Å². The van der Waals surface area contributed by atoms with E-state index >= 15 is 0 Å². The molecule has 2 unspecified atom stereocenters. The summed E-state index contributed by atoms with van der Waals surface area (Å²) in [6.45, 7) is 1.15. The Hall–Kier alpha value is -1.48. The van der Waals surface area contributed by atoms with Crippen molar-refractivity contribution in [3.05, 3.63) is 47.4 Å². The van der Waals surface area contributed by atoms with Gasteiger partial charge in [-0.15, -0.1) is 0 Å². The summed E-state index contributed by atoms with van der Waals surface area (Å²) in [5.74, 6) is 1.38. The zero-order chi connectivity index (χ0) is 12.5. The fourth-order valence-corrected chi connectivity index (χ4v) is 2.90. The summed E-state index contributed by atoms with van der Waals surface area (Å²) < 4.78 is 6.05. The Bertz CT molecular complexity index is 459. The first-order chi connectivity index (χ1) is 8.79. The van der Waals surface area contributed by atoms with Crippen LogP contribution in [-0.2, 0) is 4.74 Å². The molecular weight excluding hydrogens is 226 g/mol. The highest BCUT2D eigenvalue weighted by molar-refractivity contribution is 5.50. The van der Waals surface area contributed by atoms with E-state index in [-0.39, 0.29) is 12.7 Å². The normalized spacial score (nSPS) is 29.0. The second-order valence-electron chi connectivity index (χ2n) is 5.11. The lowest BCUT2D eigenvalue weighted by Gasteiger charge is -2.19. The Balaban J connectivity index is 1.94. The predicted molar refractivity (Wildman–Crippen MR) is 70.7 cm³/mol. The molecule has 0 aromatic rings. The van der Waals surface area contributed by atoms with E-state index in [1.165, 1.54) is 11.1 Å². The number of hydrogen-bond donors (Lipinski definition) is 1. The number of aliphatic hydroxyl groups excluding tert-OH is 1. The van der Waals surface area contributed by atoms with Gasteiger partial charge in [-0.05, 0) is 30.7 Å². The maximum atomic E-state index is 9.00. The molecule has 96 valence electrons. The van der Waals surface area contributed by atoms with E-state index in [1.54, 1.807) is 0 Å². The molecule has 3 rings (SSSR count). The molecule has 3 aliphatic rings. The molecule has 0 aromatic heterocycles. The SMILES string of the molecule is CN1C=CC2C=CC=C3OC(CCCO)C(=C32)C1. The van der Waals surface area contributed by atoms with Crippen LogP contribution in [0.3, 0.4) is 0 Å². The predicted octanol–water partition coefficient (Wildman–Crippen LogP) is 1.98. The first kappa shape index (κ1) is 11.6. The molecule has 2 aliphatic heterocycles. The number of ether oxygens (including phenoxy) is 1. The van der Waals surface area contributed by atoms with Crippen LogP contribution in [0.2, 0.25) is 0 Å². The third-order valence-corrected chi connectivity index (χ3v) is 3.76. The molecule has 2 heterocycles. The Labute approximate surface area is 108 Å². The summed E-state index contributed by atoms with van der Waals surface area (Å²) in [5.41, 5.74) is 2.73. The van der Waals surface area contributed by atoms with Gasteiger partial charge in [0, 0.05) is 31.7 Å². The zero-order valence-corrected chi connectivity index (χ0v) is 10.7. The maximum Gasteiger partial charge on any atom is 0.124 e. The van der Waals surface area contributed by atoms with Crippen molar-refractivity contribution >= 4 is 0 Å². The van der Waals surface area contributed by atoms with Crippen molar-refractivity contribution in [3.8, 4) is 0 Å². The van der Waals surface area contributed by atoms with Gasteiger partial charge in [-0.1, -0.05) is 18.2 Å². The van der Waals surface area contributed by atoms with Crippen LogP contribution in [0.5, 0.6) is 0 Å². The van der Waals surface area contributed by atoms with Crippen molar-refractivity contribution in [2.24, 2.45) is 5.92 Å². The molecule has 0 saturated carbocycles. The molecule has 0 bridgehead atoms. The number of nitrogens with zero attached hydrogens (tertiary/aromatic N) is 1. The average molecular weight is 245 g/mol. The van der Waals surface area contributed by atoms with E-state index < -0.39 is 0 Å². The summed E-state index contributed by atoms with van der Waals surface area (Å²) in [5, 5.41) is 9.00. The fraction of sp³-hybridized carbons (Fsp3) is 0.467. The van der Waals surface area contributed by atoms with E-state index in [1.807, 2.05) is 0 Å². The molecule has 0 saturated heterocycles. The summed E-state index contributed by atoms with van der Waals surface area (Å²) in [7, 11) is 2.09. The van der Waals surface area contributed by atoms with E-state index in [9.17, 15) is 0 Å². The van der Waals surface area contributed by atoms with Gasteiger partial charge in [-0.3, -0.25) is 0 Å². The van der Waals surface area contributed by atoms with E-state index in [0.29, 0.717) is 5.92 Å². The smallest absolute Gasteiger partial charge is 0.124 e. The molecule has 1 aliphatic carbocycles. The lowest BCUT2D eigenvalue weighted by Crippen LogP contribution is -2.21. The average Bonchev–Trinajstić information content (AvgIpc) is 2.62. The zero-order valence-electron chi connectivity index (χ0n) is 10.7. The van der Waals surface area contributed by atoms with Gasteiger partial charge >= 0.3 is 0 Å². The highest BCUT2D eigenvalue weighted by Gasteiger charge is 2.35. The molecule has 3 heteroatoms. The summed E-state index contributed by atoms with van der Waals surface area (Å²) >= 11 is 0. The van der Waals surface area contributed by atoms with Crippen LogP contribution in [-0.4, -0.2) is 36.3 Å². The monoisotopic (exact) mass is 245 g/mol. The molecule has 3 nitrogen and oxygen atoms in total. The fourth-order valence-electron chi connectivity index (χ4n) is 2.90. The first-order valence-corrected chi connectivity index (χ1v) is 6.57. The summed E-state index contributed by atoms with van der Waals surface area (Å²) in [4.78, 5) is 2.20. The second kappa shape index (κ2) is 4.65. The number of hydrogen-bond acceptors (Lipinski definition) is 3.